The summed E-state index contributed by atoms with van der Waals surface area (Å²) in [6, 6.07) is 0.611. The Hall–Kier alpha value is -0.610. The van der Waals surface area contributed by atoms with E-state index in [9.17, 15) is 4.79 Å². The minimum atomic E-state index is 0.0373. The fraction of sp³-hybridized carbons (Fsp3) is 0.929. The van der Waals surface area contributed by atoms with Crippen molar-refractivity contribution in [1.29, 1.82) is 0 Å². The fourth-order valence-electron chi connectivity index (χ4n) is 2.17. The number of nitrogens with one attached hydrogen (secondary N) is 2. The number of carbonyl (C=O) groups excluding carboxylic acids is 1. The molecule has 1 aliphatic heterocycles. The van der Waals surface area contributed by atoms with Crippen molar-refractivity contribution in [2.24, 2.45) is 0 Å². The van der Waals surface area contributed by atoms with Crippen LogP contribution in [-0.4, -0.2) is 49.6 Å². The van der Waals surface area contributed by atoms with Crippen LogP contribution in [0.4, 0.5) is 0 Å². The molecular weight excluding hydrogens is 226 g/mol. The molecule has 2 N–H and O–H groups in total. The average Bonchev–Trinajstić information content (AvgIpc) is 2.62. The van der Waals surface area contributed by atoms with Crippen molar-refractivity contribution in [2.45, 2.75) is 58.0 Å². The summed E-state index contributed by atoms with van der Waals surface area (Å²) in [5.41, 5.74) is 0. The van der Waals surface area contributed by atoms with Crippen molar-refractivity contribution in [3.05, 3.63) is 0 Å². The molecule has 1 amide bonds. The van der Waals surface area contributed by atoms with Crippen LogP contribution in [0.15, 0.2) is 0 Å². The third-order valence-corrected chi connectivity index (χ3v) is 3.75. The molecule has 1 heterocycles. The number of amides is 1. The highest BCUT2D eigenvalue weighted by Gasteiger charge is 2.18. The van der Waals surface area contributed by atoms with Crippen LogP contribution >= 0.6 is 0 Å². The summed E-state index contributed by atoms with van der Waals surface area (Å²) in [5, 5.41) is 6.37. The van der Waals surface area contributed by atoms with Crippen LogP contribution < -0.4 is 10.6 Å². The third-order valence-electron chi connectivity index (χ3n) is 3.75. The second kappa shape index (κ2) is 8.48. The van der Waals surface area contributed by atoms with Crippen molar-refractivity contribution in [2.75, 3.05) is 26.7 Å². The zero-order chi connectivity index (χ0) is 13.4. The second-order valence-electron chi connectivity index (χ2n) is 5.57. The molecule has 1 fully saturated rings. The van der Waals surface area contributed by atoms with Crippen molar-refractivity contribution in [1.82, 2.24) is 15.5 Å². The quantitative estimate of drug-likeness (QED) is 0.705. The molecule has 0 aromatic heterocycles. The Kier molecular flexibility index (Phi) is 7.28. The topological polar surface area (TPSA) is 44.4 Å². The molecule has 4 heteroatoms. The molecule has 0 saturated carbocycles. The lowest BCUT2D eigenvalue weighted by atomic mass is 10.1. The number of nitrogens with zero attached hydrogens (tertiary/aromatic N) is 1. The van der Waals surface area contributed by atoms with Gasteiger partial charge in [0.05, 0.1) is 6.04 Å². The van der Waals surface area contributed by atoms with Crippen molar-refractivity contribution < 1.29 is 4.79 Å². The first-order valence-electron chi connectivity index (χ1n) is 7.32. The first kappa shape index (κ1) is 15.4. The van der Waals surface area contributed by atoms with Crippen LogP contribution in [-0.2, 0) is 4.79 Å². The summed E-state index contributed by atoms with van der Waals surface area (Å²) in [7, 11) is 2.12. The van der Waals surface area contributed by atoms with E-state index in [-0.39, 0.29) is 11.9 Å². The van der Waals surface area contributed by atoms with E-state index in [1.807, 2.05) is 0 Å². The minimum Gasteiger partial charge on any atom is -0.355 e. The van der Waals surface area contributed by atoms with E-state index >= 15 is 0 Å². The molecule has 1 aliphatic rings. The van der Waals surface area contributed by atoms with Gasteiger partial charge in [0.1, 0.15) is 0 Å². The molecule has 1 saturated heterocycles. The van der Waals surface area contributed by atoms with E-state index in [0.717, 1.165) is 32.5 Å². The number of rotatable bonds is 6. The van der Waals surface area contributed by atoms with E-state index in [0.29, 0.717) is 6.04 Å². The van der Waals surface area contributed by atoms with E-state index in [2.05, 4.69) is 36.4 Å². The zero-order valence-corrected chi connectivity index (χ0v) is 12.2. The Labute approximate surface area is 111 Å². The Morgan fingerprint density at radius 2 is 2.17 bits per heavy atom. The zero-order valence-electron chi connectivity index (χ0n) is 12.2. The maximum atomic E-state index is 11.9. The van der Waals surface area contributed by atoms with Crippen LogP contribution in [0.1, 0.15) is 46.0 Å². The van der Waals surface area contributed by atoms with Crippen molar-refractivity contribution >= 4 is 5.91 Å². The van der Waals surface area contributed by atoms with Crippen molar-refractivity contribution in [3.63, 3.8) is 0 Å². The second-order valence-corrected chi connectivity index (χ2v) is 5.57. The first-order valence-corrected chi connectivity index (χ1v) is 7.32. The first-order chi connectivity index (χ1) is 8.61. The summed E-state index contributed by atoms with van der Waals surface area (Å²) in [6.45, 7) is 7.18. The van der Waals surface area contributed by atoms with Gasteiger partial charge < -0.3 is 15.5 Å². The van der Waals surface area contributed by atoms with Gasteiger partial charge in [-0.2, -0.15) is 0 Å². The van der Waals surface area contributed by atoms with Gasteiger partial charge in [0, 0.05) is 12.6 Å². The van der Waals surface area contributed by atoms with Crippen molar-refractivity contribution in [3.8, 4) is 0 Å². The molecule has 1 atom stereocenters. The van der Waals surface area contributed by atoms with E-state index < -0.39 is 0 Å². The van der Waals surface area contributed by atoms with Gasteiger partial charge >= 0.3 is 0 Å². The predicted molar refractivity (Wildman–Crippen MR) is 75.7 cm³/mol. The molecule has 1 unspecified atom stereocenters. The van der Waals surface area contributed by atoms with Gasteiger partial charge in [-0.3, -0.25) is 4.79 Å². The molecule has 0 bridgehead atoms. The molecule has 1 rings (SSSR count). The Bertz CT molecular complexity index is 235. The van der Waals surface area contributed by atoms with Crippen LogP contribution in [0.2, 0.25) is 0 Å². The van der Waals surface area contributed by atoms with Gasteiger partial charge in [-0.15, -0.1) is 0 Å². The molecule has 0 spiro atoms. The Balaban J connectivity index is 2.12. The largest absolute Gasteiger partial charge is 0.355 e. The summed E-state index contributed by atoms with van der Waals surface area (Å²) in [6.07, 6.45) is 5.62. The molecule has 0 aliphatic carbocycles. The van der Waals surface area contributed by atoms with Gasteiger partial charge in [-0.05, 0) is 53.2 Å². The molecule has 4 nitrogen and oxygen atoms in total. The van der Waals surface area contributed by atoms with E-state index in [1.165, 1.54) is 19.3 Å². The number of hydrogen-bond donors (Lipinski definition) is 2. The highest BCUT2D eigenvalue weighted by Crippen LogP contribution is 2.08. The molecule has 106 valence electrons. The lowest BCUT2D eigenvalue weighted by molar-refractivity contribution is -0.123. The van der Waals surface area contributed by atoms with Crippen LogP contribution in [0, 0.1) is 0 Å². The highest BCUT2D eigenvalue weighted by atomic mass is 16.2. The number of carbonyl (C=O) groups is 1. The number of hydrogen-bond acceptors (Lipinski definition) is 3. The maximum absolute atomic E-state index is 11.9. The van der Waals surface area contributed by atoms with Crippen LogP contribution in [0.5, 0.6) is 0 Å². The van der Waals surface area contributed by atoms with Gasteiger partial charge in [0.2, 0.25) is 5.91 Å². The molecule has 0 aromatic rings. The van der Waals surface area contributed by atoms with Gasteiger partial charge in [-0.25, -0.2) is 0 Å². The van der Waals surface area contributed by atoms with E-state index in [1.54, 1.807) is 0 Å². The maximum Gasteiger partial charge on any atom is 0.237 e. The lowest BCUT2D eigenvalue weighted by Crippen LogP contribution is -2.44. The summed E-state index contributed by atoms with van der Waals surface area (Å²) < 4.78 is 0. The molecule has 0 radical (unpaired) electrons. The Morgan fingerprint density at radius 3 is 2.89 bits per heavy atom. The third kappa shape index (κ3) is 5.83. The predicted octanol–water partition coefficient (Wildman–Crippen LogP) is 1.37. The summed E-state index contributed by atoms with van der Waals surface area (Å²) in [4.78, 5) is 14.2. The van der Waals surface area contributed by atoms with Gasteiger partial charge in [-0.1, -0.05) is 12.8 Å². The minimum absolute atomic E-state index is 0.0373. The molecular formula is C14H29N3O. The van der Waals surface area contributed by atoms with E-state index in [4.69, 9.17) is 0 Å². The normalized spacial score (nSPS) is 21.1. The standard InChI is InChI=1S/C14H29N3O/c1-12(2)17(3)11-7-10-16-14(18)13-8-5-4-6-9-15-13/h12-13,15H,4-11H2,1-3H3,(H,16,18). The SMILES string of the molecule is CC(C)N(C)CCCNC(=O)C1CCCCCN1. The lowest BCUT2D eigenvalue weighted by Gasteiger charge is -2.21. The van der Waals surface area contributed by atoms with Gasteiger partial charge in [0.25, 0.3) is 0 Å². The summed E-state index contributed by atoms with van der Waals surface area (Å²) in [5.74, 6) is 0.184. The molecule has 18 heavy (non-hydrogen) atoms. The highest BCUT2D eigenvalue weighted by molar-refractivity contribution is 5.81. The molecule has 0 aromatic carbocycles. The fourth-order valence-corrected chi connectivity index (χ4v) is 2.17. The smallest absolute Gasteiger partial charge is 0.237 e. The average molecular weight is 255 g/mol. The Morgan fingerprint density at radius 1 is 1.39 bits per heavy atom. The van der Waals surface area contributed by atoms with Crippen LogP contribution in [0.25, 0.3) is 0 Å². The summed E-state index contributed by atoms with van der Waals surface area (Å²) >= 11 is 0. The monoisotopic (exact) mass is 255 g/mol. The van der Waals surface area contributed by atoms with Crippen LogP contribution in [0.3, 0.4) is 0 Å². The van der Waals surface area contributed by atoms with Gasteiger partial charge in [0.15, 0.2) is 0 Å².